The monoisotopic (exact) mass is 553 g/mol. The van der Waals surface area contributed by atoms with Crippen LogP contribution in [0.4, 0.5) is 0 Å². The molecule has 0 spiro atoms. The Labute approximate surface area is 130 Å². The molecule has 0 saturated carbocycles. The van der Waals surface area contributed by atoms with Crippen LogP contribution in [0.15, 0.2) is 0 Å². The quantitative estimate of drug-likeness (QED) is 0.251. The molecule has 0 amide bonds. The van der Waals surface area contributed by atoms with Crippen molar-refractivity contribution in [1.82, 2.24) is 0 Å². The number of rotatable bonds is 0. The minimum atomic E-state index is -0.543. The standard InChI is InChI=1S/6CH3.2HN3.H2N.3Sn.H/c;;;;;;2*1-3-2;;;;;/h6*1H3;2*1H;1H2;;;;/q;;;;;;;;-1;;;;. The number of nitrogens with zero attached hydrogens (tertiary/aromatic N) is 4. The van der Waals surface area contributed by atoms with Gasteiger partial charge in [-0.3, -0.25) is 0 Å². The van der Waals surface area contributed by atoms with Crippen LogP contribution >= 0.6 is 0 Å². The van der Waals surface area contributed by atoms with Gasteiger partial charge in [-0.25, -0.2) is 0 Å². The Morgan fingerprint density at radius 2 is 0.750 bits per heavy atom. The molecule has 0 aromatic heterocycles. The molecule has 0 unspecified atom stereocenters. The first-order valence-corrected chi connectivity index (χ1v) is 21.0. The molecule has 0 aromatic rings. The Morgan fingerprint density at radius 3 is 0.750 bits per heavy atom. The molecule has 0 aliphatic rings. The second-order valence-corrected chi connectivity index (χ2v) is 20.3. The van der Waals surface area contributed by atoms with Crippen LogP contribution in [0, 0.1) is 10.8 Å². The predicted molar refractivity (Wildman–Crippen MR) is 77.9 cm³/mol. The van der Waals surface area contributed by atoms with E-state index in [1.165, 1.54) is 0 Å². The van der Waals surface area contributed by atoms with E-state index in [1.54, 1.807) is 10.2 Å². The summed E-state index contributed by atoms with van der Waals surface area (Å²) in [6.45, 7) is 0. The van der Waals surface area contributed by atoms with Gasteiger partial charge < -0.3 is 6.15 Å². The van der Waals surface area contributed by atoms with Gasteiger partial charge >= 0.3 is 93.1 Å². The van der Waals surface area contributed by atoms with Crippen molar-refractivity contribution < 1.29 is 0 Å². The molecule has 16 heavy (non-hydrogen) atoms. The van der Waals surface area contributed by atoms with E-state index in [0.29, 0.717) is 0 Å². The van der Waals surface area contributed by atoms with Gasteiger partial charge in [0.15, 0.2) is 0 Å². The Balaban J connectivity index is -0.0000000202. The summed E-state index contributed by atoms with van der Waals surface area (Å²) < 4.78 is 0. The van der Waals surface area contributed by atoms with E-state index < -0.39 is 39.5 Å². The van der Waals surface area contributed by atoms with E-state index >= 15 is 0 Å². The van der Waals surface area contributed by atoms with E-state index in [2.05, 4.69) is 29.6 Å². The van der Waals surface area contributed by atoms with Gasteiger partial charge in [-0.2, -0.15) is 0 Å². The molecule has 0 aromatic carbocycles. The van der Waals surface area contributed by atoms with Crippen LogP contribution < -0.4 is 0 Å². The zero-order chi connectivity index (χ0) is 12.6. The summed E-state index contributed by atoms with van der Waals surface area (Å²) in [6.07, 6.45) is 0. The molecule has 0 rings (SSSR count). The molecule has 0 saturated heterocycles. The van der Waals surface area contributed by atoms with Crippen LogP contribution in [0.3, 0.4) is 0 Å². The van der Waals surface area contributed by atoms with Gasteiger partial charge in [-0.15, -0.1) is 10.8 Å². The second kappa shape index (κ2) is 44.7. The number of hydrogen-bond donors (Lipinski definition) is 0. The normalized spacial score (nSPS) is 5.38. The van der Waals surface area contributed by atoms with Crippen molar-refractivity contribution in [3.05, 3.63) is 28.0 Å². The summed E-state index contributed by atoms with van der Waals surface area (Å²) in [5.41, 5.74) is 0. The van der Waals surface area contributed by atoms with Crippen molar-refractivity contribution in [2.45, 2.75) is 29.6 Å². The van der Waals surface area contributed by atoms with Crippen molar-refractivity contribution in [3.8, 4) is 0 Å². The fourth-order valence-corrected chi connectivity index (χ4v) is 0. The average Bonchev–Trinajstić information content (AvgIpc) is 1.85. The van der Waals surface area contributed by atoms with Crippen LogP contribution in [0.5, 0.6) is 0 Å². The first-order chi connectivity index (χ1) is 6.29. The molecule has 0 bridgehead atoms. The van der Waals surface area contributed by atoms with Crippen LogP contribution in [-0.2, 0) is 0 Å². The molecular weight excluding hydrogens is 526 g/mol. The maximum atomic E-state index is 6.86. The Kier molecular flexibility index (Phi) is 100. The number of hydrogen-bond acceptors (Lipinski definition) is 2. The van der Waals surface area contributed by atoms with E-state index in [0.717, 1.165) is 0 Å². The molecule has 4 N–H and O–H groups in total. The predicted octanol–water partition coefficient (Wildman–Crippen LogP) is 4.42. The summed E-state index contributed by atoms with van der Waals surface area (Å²) in [5, 5.41) is 17.2. The van der Waals surface area contributed by atoms with E-state index in [9.17, 15) is 0 Å². The summed E-state index contributed by atoms with van der Waals surface area (Å²) in [7, 11) is 0. The first-order valence-electron chi connectivity index (χ1n) is 3.85. The van der Waals surface area contributed by atoms with Crippen LogP contribution in [0.1, 0.15) is 0 Å². The zero-order valence-corrected chi connectivity index (χ0v) is 19.9. The minimum absolute atomic E-state index is 0. The maximum absolute atomic E-state index is 6.86. The SMILES string of the molecule is N#[N+][NH-].N#[N+][NH-].[CH3][Sn]([CH3])[CH3].[CH3][Sn]([CH3])[CH3].[NH2-].[SnH]. The van der Waals surface area contributed by atoms with Gasteiger partial charge in [-0.05, 0) is 0 Å². The molecular formula is C6H23N7Sn3-. The fraction of sp³-hybridized carbons (Fsp3) is 1.00. The van der Waals surface area contributed by atoms with Gasteiger partial charge in [-0.1, -0.05) is 11.7 Å². The number of nitrogens with two attached hydrogens (primary N) is 1. The molecule has 95 valence electrons. The van der Waals surface area contributed by atoms with E-state index in [-0.39, 0.29) is 30.1 Å². The van der Waals surface area contributed by atoms with Crippen molar-refractivity contribution in [2.24, 2.45) is 0 Å². The van der Waals surface area contributed by atoms with Gasteiger partial charge in [0.25, 0.3) is 0 Å². The topological polar surface area (TPSA) is 137 Å². The second-order valence-electron chi connectivity index (χ2n) is 3.20. The summed E-state index contributed by atoms with van der Waals surface area (Å²) in [4.78, 5) is 14.2. The van der Waals surface area contributed by atoms with Crippen molar-refractivity contribution in [3.63, 3.8) is 0 Å². The fourth-order valence-electron chi connectivity index (χ4n) is 0. The van der Waals surface area contributed by atoms with E-state index in [4.69, 9.17) is 22.5 Å². The summed E-state index contributed by atoms with van der Waals surface area (Å²) >= 11 is -1.09. The number of diazo groups is 2. The van der Waals surface area contributed by atoms with Gasteiger partial charge in [0.05, 0.1) is 10.2 Å². The molecule has 10 heteroatoms. The third-order valence-corrected chi connectivity index (χ3v) is 0. The molecule has 5 radical (unpaired) electrons. The Bertz CT molecular complexity index is 128. The van der Waals surface area contributed by atoms with Crippen molar-refractivity contribution >= 4 is 63.4 Å². The van der Waals surface area contributed by atoms with Crippen LogP contribution in [0.2, 0.25) is 29.6 Å². The Morgan fingerprint density at radius 1 is 0.750 bits per heavy atom. The van der Waals surface area contributed by atoms with Crippen LogP contribution in [-0.4, -0.2) is 63.4 Å². The van der Waals surface area contributed by atoms with Crippen molar-refractivity contribution in [2.75, 3.05) is 0 Å². The molecule has 0 atom stereocenters. The number of nitrogens with one attached hydrogen (secondary N) is 2. The molecule has 0 heterocycles. The van der Waals surface area contributed by atoms with Crippen LogP contribution in [0.25, 0.3) is 28.0 Å². The van der Waals surface area contributed by atoms with Gasteiger partial charge in [0.2, 0.25) is 0 Å². The summed E-state index contributed by atoms with van der Waals surface area (Å²) in [5.74, 6) is 10.8. The molecule has 0 aliphatic heterocycles. The van der Waals surface area contributed by atoms with Gasteiger partial charge in [0, 0.05) is 0 Å². The summed E-state index contributed by atoms with van der Waals surface area (Å²) in [6, 6.07) is 0. The molecule has 0 fully saturated rings. The van der Waals surface area contributed by atoms with Crippen molar-refractivity contribution in [1.29, 1.82) is 10.8 Å². The molecule has 7 nitrogen and oxygen atoms in total. The Hall–Kier alpha value is 0.796. The first kappa shape index (κ1) is 36.0. The zero-order valence-electron chi connectivity index (χ0n) is 10.9. The third-order valence-electron chi connectivity index (χ3n) is 0. The average molecular weight is 549 g/mol. The molecule has 0 aliphatic carbocycles. The van der Waals surface area contributed by atoms with Gasteiger partial charge in [0.1, 0.15) is 0 Å². The third kappa shape index (κ3) is 4440. The van der Waals surface area contributed by atoms with E-state index in [1.807, 2.05) is 0 Å².